The first kappa shape index (κ1) is 16.3. The van der Waals surface area contributed by atoms with E-state index in [9.17, 15) is 15.0 Å². The zero-order valence-electron chi connectivity index (χ0n) is 11.6. The van der Waals surface area contributed by atoms with Crippen molar-refractivity contribution in [2.75, 3.05) is 0 Å². The van der Waals surface area contributed by atoms with E-state index >= 15 is 0 Å². The van der Waals surface area contributed by atoms with Gasteiger partial charge in [-0.05, 0) is 25.3 Å². The zero-order valence-corrected chi connectivity index (χ0v) is 11.6. The Morgan fingerprint density at radius 3 is 2.06 bits per heavy atom. The molecule has 0 saturated heterocycles. The zero-order chi connectivity index (χ0) is 13.6. The van der Waals surface area contributed by atoms with Crippen LogP contribution >= 0.6 is 0 Å². The standard InChI is InChI=1S/C14H26O3/c1-6-12(11(5)15)7-8-13(16)10(4)14(17)9(2)3/h7-12,14-15,17H,6H2,1-5H3/b8-7+. The Bertz CT molecular complexity index is 256. The Morgan fingerprint density at radius 2 is 1.71 bits per heavy atom. The minimum Gasteiger partial charge on any atom is -0.393 e. The monoisotopic (exact) mass is 242 g/mol. The summed E-state index contributed by atoms with van der Waals surface area (Å²) in [7, 11) is 0. The van der Waals surface area contributed by atoms with E-state index in [1.165, 1.54) is 6.08 Å². The molecule has 2 N–H and O–H groups in total. The highest BCUT2D eigenvalue weighted by Gasteiger charge is 2.23. The fourth-order valence-corrected chi connectivity index (χ4v) is 1.75. The molecule has 0 amide bonds. The molecule has 0 saturated carbocycles. The van der Waals surface area contributed by atoms with E-state index in [-0.39, 0.29) is 17.6 Å². The highest BCUT2D eigenvalue weighted by Crippen LogP contribution is 2.15. The second kappa shape index (κ2) is 7.62. The molecule has 3 nitrogen and oxygen atoms in total. The number of carbonyl (C=O) groups excluding carboxylic acids is 1. The minimum atomic E-state index is -0.612. The maximum atomic E-state index is 11.8. The molecule has 0 heterocycles. The van der Waals surface area contributed by atoms with Crippen LogP contribution in [0.3, 0.4) is 0 Å². The van der Waals surface area contributed by atoms with Crippen molar-refractivity contribution >= 4 is 5.78 Å². The first-order valence-corrected chi connectivity index (χ1v) is 6.39. The molecule has 4 atom stereocenters. The van der Waals surface area contributed by atoms with E-state index in [2.05, 4.69) is 0 Å². The van der Waals surface area contributed by atoms with Crippen molar-refractivity contribution in [1.82, 2.24) is 0 Å². The second-order valence-corrected chi connectivity index (χ2v) is 5.10. The van der Waals surface area contributed by atoms with Gasteiger partial charge < -0.3 is 10.2 Å². The molecule has 0 spiro atoms. The molecule has 0 aliphatic rings. The van der Waals surface area contributed by atoms with E-state index in [1.54, 1.807) is 19.9 Å². The Kier molecular flexibility index (Phi) is 7.32. The number of allylic oxidation sites excluding steroid dienone is 1. The normalized spacial score (nSPS) is 19.3. The van der Waals surface area contributed by atoms with E-state index in [0.29, 0.717) is 0 Å². The van der Waals surface area contributed by atoms with E-state index in [1.807, 2.05) is 20.8 Å². The summed E-state index contributed by atoms with van der Waals surface area (Å²) in [5.41, 5.74) is 0. The van der Waals surface area contributed by atoms with Crippen molar-refractivity contribution in [2.45, 2.75) is 53.2 Å². The number of carbonyl (C=O) groups is 1. The van der Waals surface area contributed by atoms with Crippen LogP contribution in [0.15, 0.2) is 12.2 Å². The van der Waals surface area contributed by atoms with Gasteiger partial charge in [-0.1, -0.05) is 33.8 Å². The van der Waals surface area contributed by atoms with Gasteiger partial charge in [0, 0.05) is 11.8 Å². The summed E-state index contributed by atoms with van der Waals surface area (Å²) in [5.74, 6) is -0.397. The molecule has 3 heteroatoms. The van der Waals surface area contributed by atoms with Gasteiger partial charge in [0.25, 0.3) is 0 Å². The minimum absolute atomic E-state index is 0.00217. The highest BCUT2D eigenvalue weighted by atomic mass is 16.3. The lowest BCUT2D eigenvalue weighted by Gasteiger charge is -2.20. The third-order valence-electron chi connectivity index (χ3n) is 3.24. The largest absolute Gasteiger partial charge is 0.393 e. The molecule has 0 aliphatic carbocycles. The van der Waals surface area contributed by atoms with Crippen LogP contribution < -0.4 is 0 Å². The first-order chi connectivity index (χ1) is 7.81. The van der Waals surface area contributed by atoms with Crippen LogP contribution in [0.1, 0.15) is 41.0 Å². The number of hydrogen-bond acceptors (Lipinski definition) is 3. The van der Waals surface area contributed by atoms with Gasteiger partial charge in [0.2, 0.25) is 0 Å². The van der Waals surface area contributed by atoms with E-state index in [4.69, 9.17) is 0 Å². The molecule has 0 aromatic heterocycles. The summed E-state index contributed by atoms with van der Waals surface area (Å²) in [6.45, 7) is 9.21. The van der Waals surface area contributed by atoms with Crippen molar-refractivity contribution in [1.29, 1.82) is 0 Å². The third kappa shape index (κ3) is 5.46. The van der Waals surface area contributed by atoms with Crippen LogP contribution in [0.4, 0.5) is 0 Å². The average molecular weight is 242 g/mol. The molecule has 0 aromatic rings. The molecule has 0 aliphatic heterocycles. The Balaban J connectivity index is 4.47. The average Bonchev–Trinajstić information content (AvgIpc) is 2.26. The summed E-state index contributed by atoms with van der Waals surface area (Å²) >= 11 is 0. The summed E-state index contributed by atoms with van der Waals surface area (Å²) in [4.78, 5) is 11.8. The molecule has 0 aromatic carbocycles. The van der Waals surface area contributed by atoms with Crippen LogP contribution in [-0.4, -0.2) is 28.2 Å². The number of rotatable bonds is 7. The van der Waals surface area contributed by atoms with Crippen molar-refractivity contribution < 1.29 is 15.0 Å². The van der Waals surface area contributed by atoms with Crippen LogP contribution in [0.2, 0.25) is 0 Å². The van der Waals surface area contributed by atoms with E-state index in [0.717, 1.165) is 6.42 Å². The van der Waals surface area contributed by atoms with Gasteiger partial charge in [-0.25, -0.2) is 0 Å². The highest BCUT2D eigenvalue weighted by molar-refractivity contribution is 5.91. The smallest absolute Gasteiger partial charge is 0.160 e. The molecule has 0 rings (SSSR count). The lowest BCUT2D eigenvalue weighted by molar-refractivity contribution is -0.121. The number of aliphatic hydroxyl groups is 2. The van der Waals surface area contributed by atoms with Gasteiger partial charge >= 0.3 is 0 Å². The fourth-order valence-electron chi connectivity index (χ4n) is 1.75. The van der Waals surface area contributed by atoms with Crippen LogP contribution in [0.5, 0.6) is 0 Å². The second-order valence-electron chi connectivity index (χ2n) is 5.10. The quantitative estimate of drug-likeness (QED) is 0.673. The van der Waals surface area contributed by atoms with E-state index < -0.39 is 18.1 Å². The first-order valence-electron chi connectivity index (χ1n) is 6.39. The van der Waals surface area contributed by atoms with Gasteiger partial charge in [-0.15, -0.1) is 0 Å². The Hall–Kier alpha value is -0.670. The molecule has 0 radical (unpaired) electrons. The van der Waals surface area contributed by atoms with Crippen molar-refractivity contribution in [3.8, 4) is 0 Å². The number of hydrogen-bond donors (Lipinski definition) is 2. The predicted molar refractivity (Wildman–Crippen MR) is 69.6 cm³/mol. The summed E-state index contributed by atoms with van der Waals surface area (Å²) in [6.07, 6.45) is 2.98. The van der Waals surface area contributed by atoms with Gasteiger partial charge in [0.15, 0.2) is 5.78 Å². The molecule has 17 heavy (non-hydrogen) atoms. The lowest BCUT2D eigenvalue weighted by atomic mass is 9.90. The Labute approximate surface area is 105 Å². The SMILES string of the molecule is CCC(/C=C/C(=O)C(C)C(O)C(C)C)C(C)O. The Morgan fingerprint density at radius 1 is 1.18 bits per heavy atom. The topological polar surface area (TPSA) is 57.5 Å². The maximum Gasteiger partial charge on any atom is 0.160 e. The maximum absolute atomic E-state index is 11.8. The lowest BCUT2D eigenvalue weighted by Crippen LogP contribution is -2.29. The molecule has 4 unspecified atom stereocenters. The van der Waals surface area contributed by atoms with Crippen molar-refractivity contribution in [3.63, 3.8) is 0 Å². The molecule has 0 bridgehead atoms. The van der Waals surface area contributed by atoms with Crippen LogP contribution in [0.25, 0.3) is 0 Å². The van der Waals surface area contributed by atoms with Gasteiger partial charge in [-0.3, -0.25) is 4.79 Å². The van der Waals surface area contributed by atoms with Crippen molar-refractivity contribution in [3.05, 3.63) is 12.2 Å². The van der Waals surface area contributed by atoms with Gasteiger partial charge in [0.05, 0.1) is 12.2 Å². The molecule has 0 fully saturated rings. The molecular weight excluding hydrogens is 216 g/mol. The fraction of sp³-hybridized carbons (Fsp3) is 0.786. The molecule has 100 valence electrons. The number of ketones is 1. The van der Waals surface area contributed by atoms with Gasteiger partial charge in [0.1, 0.15) is 0 Å². The van der Waals surface area contributed by atoms with Crippen molar-refractivity contribution in [2.24, 2.45) is 17.8 Å². The number of aliphatic hydroxyl groups excluding tert-OH is 2. The predicted octanol–water partition coefficient (Wildman–Crippen LogP) is 2.17. The summed E-state index contributed by atoms with van der Waals surface area (Å²) < 4.78 is 0. The third-order valence-corrected chi connectivity index (χ3v) is 3.24. The summed E-state index contributed by atoms with van der Waals surface area (Å²) in [5, 5.41) is 19.2. The summed E-state index contributed by atoms with van der Waals surface area (Å²) in [6, 6.07) is 0. The van der Waals surface area contributed by atoms with Gasteiger partial charge in [-0.2, -0.15) is 0 Å². The van der Waals surface area contributed by atoms with Crippen LogP contribution in [-0.2, 0) is 4.79 Å². The molecular formula is C14H26O3. The van der Waals surface area contributed by atoms with Crippen LogP contribution in [0, 0.1) is 17.8 Å².